The van der Waals surface area contributed by atoms with Crippen molar-refractivity contribution in [1.82, 2.24) is 0 Å². The van der Waals surface area contributed by atoms with Gasteiger partial charge in [0.2, 0.25) is 0 Å². The second-order valence-electron chi connectivity index (χ2n) is 18.1. The summed E-state index contributed by atoms with van der Waals surface area (Å²) in [6.45, 7) is 7.07. The van der Waals surface area contributed by atoms with E-state index in [9.17, 15) is 0 Å². The summed E-state index contributed by atoms with van der Waals surface area (Å²) in [4.78, 5) is 2.57. The zero-order chi connectivity index (χ0) is 43.0. The van der Waals surface area contributed by atoms with Crippen LogP contribution in [0, 0.1) is 6.92 Å². The molecule has 1 nitrogen and oxygen atoms in total. The molecular formula is C63H47N. The molecule has 0 saturated heterocycles. The van der Waals surface area contributed by atoms with Gasteiger partial charge in [-0.3, -0.25) is 0 Å². The quantitative estimate of drug-likeness (QED) is 0.155. The van der Waals surface area contributed by atoms with Crippen molar-refractivity contribution in [2.45, 2.75) is 31.6 Å². The van der Waals surface area contributed by atoms with Gasteiger partial charge in [-0.1, -0.05) is 208 Å². The van der Waals surface area contributed by atoms with Crippen LogP contribution in [-0.4, -0.2) is 0 Å². The number of fused-ring (bicyclic) bond motifs is 7. The first-order valence-corrected chi connectivity index (χ1v) is 22.5. The number of hydrogen-bond donors (Lipinski definition) is 0. The van der Waals surface area contributed by atoms with Crippen LogP contribution in [0.4, 0.5) is 17.1 Å². The Kier molecular flexibility index (Phi) is 8.71. The smallest absolute Gasteiger partial charge is 0.0714 e. The molecule has 304 valence electrons. The van der Waals surface area contributed by atoms with Gasteiger partial charge in [-0.05, 0) is 132 Å². The van der Waals surface area contributed by atoms with E-state index in [-0.39, 0.29) is 5.41 Å². The van der Waals surface area contributed by atoms with Crippen molar-refractivity contribution in [2.24, 2.45) is 0 Å². The lowest BCUT2D eigenvalue weighted by Crippen LogP contribution is -2.28. The maximum atomic E-state index is 2.57. The molecule has 0 heterocycles. The number of nitrogens with zero attached hydrogens (tertiary/aromatic N) is 1. The zero-order valence-electron chi connectivity index (χ0n) is 36.4. The molecule has 0 saturated carbocycles. The van der Waals surface area contributed by atoms with E-state index in [1.54, 1.807) is 0 Å². The average Bonchev–Trinajstić information content (AvgIpc) is 3.77. The topological polar surface area (TPSA) is 3.24 Å². The highest BCUT2D eigenvalue weighted by atomic mass is 15.1. The Morgan fingerprint density at radius 2 is 0.844 bits per heavy atom. The second-order valence-corrected chi connectivity index (χ2v) is 18.1. The third-order valence-electron chi connectivity index (χ3n) is 14.2. The molecule has 10 aromatic carbocycles. The normalized spacial score (nSPS) is 13.8. The van der Waals surface area contributed by atoms with Crippen LogP contribution in [0.5, 0.6) is 0 Å². The predicted molar refractivity (Wildman–Crippen MR) is 269 cm³/mol. The van der Waals surface area contributed by atoms with Gasteiger partial charge in [0, 0.05) is 22.4 Å². The van der Waals surface area contributed by atoms with Crippen molar-refractivity contribution in [3.63, 3.8) is 0 Å². The molecule has 0 atom stereocenters. The fourth-order valence-electron chi connectivity index (χ4n) is 11.3. The summed E-state index contributed by atoms with van der Waals surface area (Å²) in [6.07, 6.45) is 0. The summed E-state index contributed by atoms with van der Waals surface area (Å²) in [5.74, 6) is 0. The fourth-order valence-corrected chi connectivity index (χ4v) is 11.3. The molecule has 64 heavy (non-hydrogen) atoms. The standard InChI is InChI=1S/C63H47N/c1-42-38-45(43-20-7-4-8-21-43)39-56(51-31-19-23-44-22-13-14-28-50(44)51)61(42)64(48-34-36-54-52-29-15-17-32-57(52)62(2,3)59(54)40-48)49-35-37-55-53-30-16-18-33-58(53)63(60(55)41-49,46-24-9-5-10-25-46)47-26-11-6-12-27-47/h4-41H,1-3H3. The van der Waals surface area contributed by atoms with E-state index in [1.807, 2.05) is 0 Å². The molecule has 12 rings (SSSR count). The van der Waals surface area contributed by atoms with Crippen molar-refractivity contribution in [2.75, 3.05) is 4.90 Å². The molecule has 0 fully saturated rings. The Bertz CT molecular complexity index is 3370. The highest BCUT2D eigenvalue weighted by Gasteiger charge is 2.46. The molecule has 0 radical (unpaired) electrons. The molecular weight excluding hydrogens is 771 g/mol. The first-order chi connectivity index (χ1) is 31.4. The van der Waals surface area contributed by atoms with Crippen LogP contribution in [0.1, 0.15) is 52.8 Å². The molecule has 0 aromatic heterocycles. The van der Waals surface area contributed by atoms with Gasteiger partial charge in [-0.25, -0.2) is 0 Å². The Hall–Kier alpha value is -7.74. The lowest BCUT2D eigenvalue weighted by atomic mass is 9.67. The Morgan fingerprint density at radius 3 is 1.53 bits per heavy atom. The highest BCUT2D eigenvalue weighted by Crippen LogP contribution is 2.58. The van der Waals surface area contributed by atoms with E-state index < -0.39 is 5.41 Å². The highest BCUT2D eigenvalue weighted by molar-refractivity contribution is 6.04. The number of benzene rings is 10. The minimum absolute atomic E-state index is 0.173. The summed E-state index contributed by atoms with van der Waals surface area (Å²) in [5.41, 5.74) is 21.7. The molecule has 2 aliphatic carbocycles. The van der Waals surface area contributed by atoms with Crippen molar-refractivity contribution in [3.05, 3.63) is 269 Å². The monoisotopic (exact) mass is 817 g/mol. The predicted octanol–water partition coefficient (Wildman–Crippen LogP) is 16.6. The SMILES string of the molecule is Cc1cc(-c2ccccc2)cc(-c2cccc3ccccc23)c1N(c1ccc2c(c1)C(C)(C)c1ccccc1-2)c1ccc2c(c1)C(c1ccccc1)(c1ccccc1)c1ccccc1-2. The summed E-state index contributed by atoms with van der Waals surface area (Å²) in [7, 11) is 0. The molecule has 0 unspecified atom stereocenters. The Morgan fingerprint density at radius 1 is 0.344 bits per heavy atom. The number of aryl methyl sites for hydroxylation is 1. The number of anilines is 3. The third-order valence-corrected chi connectivity index (χ3v) is 14.2. The van der Waals surface area contributed by atoms with Crippen LogP contribution < -0.4 is 4.90 Å². The zero-order valence-corrected chi connectivity index (χ0v) is 36.4. The second kappa shape index (κ2) is 14.7. The van der Waals surface area contributed by atoms with Crippen molar-refractivity contribution >= 4 is 27.8 Å². The lowest BCUT2D eigenvalue weighted by molar-refractivity contribution is 0.660. The van der Waals surface area contributed by atoms with Crippen LogP contribution in [0.15, 0.2) is 231 Å². The van der Waals surface area contributed by atoms with Crippen LogP contribution in [0.3, 0.4) is 0 Å². The maximum Gasteiger partial charge on any atom is 0.0714 e. The van der Waals surface area contributed by atoms with Crippen LogP contribution in [0.2, 0.25) is 0 Å². The van der Waals surface area contributed by atoms with Gasteiger partial charge < -0.3 is 4.90 Å². The molecule has 1 heteroatoms. The minimum Gasteiger partial charge on any atom is -0.310 e. The van der Waals surface area contributed by atoms with Crippen molar-refractivity contribution < 1.29 is 0 Å². The first-order valence-electron chi connectivity index (χ1n) is 22.5. The van der Waals surface area contributed by atoms with Gasteiger partial charge >= 0.3 is 0 Å². The maximum absolute atomic E-state index is 2.57. The fraction of sp³-hybridized carbons (Fsp3) is 0.0794. The van der Waals surface area contributed by atoms with E-state index in [2.05, 4.69) is 256 Å². The summed E-state index contributed by atoms with van der Waals surface area (Å²) in [6, 6.07) is 86.0. The van der Waals surface area contributed by atoms with Gasteiger partial charge in [-0.2, -0.15) is 0 Å². The Labute approximate surface area is 376 Å². The van der Waals surface area contributed by atoms with E-state index in [0.29, 0.717) is 0 Å². The van der Waals surface area contributed by atoms with E-state index >= 15 is 0 Å². The molecule has 0 spiro atoms. The van der Waals surface area contributed by atoms with Gasteiger partial charge in [0.1, 0.15) is 0 Å². The van der Waals surface area contributed by atoms with E-state index in [0.717, 1.165) is 11.4 Å². The molecule has 0 N–H and O–H groups in total. The van der Waals surface area contributed by atoms with Gasteiger partial charge in [0.05, 0.1) is 11.1 Å². The first kappa shape index (κ1) is 38.0. The molecule has 2 aliphatic rings. The van der Waals surface area contributed by atoms with Crippen LogP contribution in [0.25, 0.3) is 55.3 Å². The molecule has 10 aromatic rings. The largest absolute Gasteiger partial charge is 0.310 e. The molecule has 0 amide bonds. The minimum atomic E-state index is -0.539. The van der Waals surface area contributed by atoms with E-state index in [4.69, 9.17) is 0 Å². The van der Waals surface area contributed by atoms with E-state index in [1.165, 1.54) is 99.9 Å². The molecule has 0 bridgehead atoms. The van der Waals surface area contributed by atoms with Gasteiger partial charge in [0.25, 0.3) is 0 Å². The van der Waals surface area contributed by atoms with Gasteiger partial charge in [-0.15, -0.1) is 0 Å². The summed E-state index contributed by atoms with van der Waals surface area (Å²) in [5, 5.41) is 2.46. The number of rotatable bonds is 7. The van der Waals surface area contributed by atoms with Crippen molar-refractivity contribution in [3.8, 4) is 44.5 Å². The van der Waals surface area contributed by atoms with Crippen LogP contribution >= 0.6 is 0 Å². The summed E-state index contributed by atoms with van der Waals surface area (Å²) >= 11 is 0. The van der Waals surface area contributed by atoms with Crippen molar-refractivity contribution in [1.29, 1.82) is 0 Å². The third kappa shape index (κ3) is 5.64. The number of hydrogen-bond acceptors (Lipinski definition) is 1. The van der Waals surface area contributed by atoms with Crippen LogP contribution in [-0.2, 0) is 10.8 Å². The lowest BCUT2D eigenvalue weighted by Gasteiger charge is -2.35. The van der Waals surface area contributed by atoms with Gasteiger partial charge in [0.15, 0.2) is 0 Å². The summed E-state index contributed by atoms with van der Waals surface area (Å²) < 4.78 is 0. The Balaban J connectivity index is 1.19. The molecule has 0 aliphatic heterocycles. The average molecular weight is 818 g/mol.